The third-order valence-corrected chi connectivity index (χ3v) is 4.28. The van der Waals surface area contributed by atoms with Crippen molar-refractivity contribution in [3.05, 3.63) is 95.8 Å². The summed E-state index contributed by atoms with van der Waals surface area (Å²) in [6.07, 6.45) is 1.69. The molecule has 0 radical (unpaired) electrons. The molecule has 0 aliphatic heterocycles. The van der Waals surface area contributed by atoms with Crippen LogP contribution in [0.2, 0.25) is 0 Å². The fraction of sp³-hybridized carbons (Fsp3) is 0.182. The van der Waals surface area contributed by atoms with E-state index in [4.69, 9.17) is 0 Å². The summed E-state index contributed by atoms with van der Waals surface area (Å²) in [5, 5.41) is 0. The van der Waals surface area contributed by atoms with Crippen LogP contribution < -0.4 is 4.90 Å². The van der Waals surface area contributed by atoms with Gasteiger partial charge in [0.1, 0.15) is 5.69 Å². The normalized spacial score (nSPS) is 10.4. The number of benzene rings is 2. The molecule has 3 rings (SSSR count). The molecular formula is C22H23N3O. The number of nitrogens with zero attached hydrogens (tertiary/aromatic N) is 3. The molecule has 3 aromatic rings. The highest BCUT2D eigenvalue weighted by atomic mass is 16.2. The zero-order valence-electron chi connectivity index (χ0n) is 15.2. The van der Waals surface area contributed by atoms with Crippen LogP contribution in [0, 0.1) is 0 Å². The predicted molar refractivity (Wildman–Crippen MR) is 105 cm³/mol. The minimum absolute atomic E-state index is 0.0798. The summed E-state index contributed by atoms with van der Waals surface area (Å²) in [4.78, 5) is 20.8. The molecule has 0 unspecified atom stereocenters. The van der Waals surface area contributed by atoms with Gasteiger partial charge in [-0.1, -0.05) is 60.7 Å². The number of rotatable bonds is 6. The van der Waals surface area contributed by atoms with Gasteiger partial charge in [-0.05, 0) is 23.3 Å². The van der Waals surface area contributed by atoms with Crippen molar-refractivity contribution in [3.63, 3.8) is 0 Å². The first kappa shape index (κ1) is 17.7. The number of aromatic nitrogens is 1. The summed E-state index contributed by atoms with van der Waals surface area (Å²) in [6.45, 7) is 1.34. The van der Waals surface area contributed by atoms with Crippen LogP contribution in [0.15, 0.2) is 79.0 Å². The number of hydrogen-bond donors (Lipinski definition) is 0. The van der Waals surface area contributed by atoms with E-state index in [9.17, 15) is 4.79 Å². The minimum Gasteiger partial charge on any atom is -0.370 e. The molecule has 132 valence electrons. The molecule has 0 aliphatic carbocycles. The van der Waals surface area contributed by atoms with Gasteiger partial charge in [-0.3, -0.25) is 9.78 Å². The van der Waals surface area contributed by atoms with E-state index in [0.29, 0.717) is 12.2 Å². The second kappa shape index (κ2) is 8.30. The van der Waals surface area contributed by atoms with Crippen LogP contribution in [0.25, 0.3) is 0 Å². The molecular weight excluding hydrogens is 322 g/mol. The zero-order chi connectivity index (χ0) is 18.4. The molecule has 1 amide bonds. The number of anilines is 1. The molecule has 4 heteroatoms. The Morgan fingerprint density at radius 2 is 1.42 bits per heavy atom. The van der Waals surface area contributed by atoms with Gasteiger partial charge in [0.05, 0.1) is 0 Å². The van der Waals surface area contributed by atoms with Crippen LogP contribution in [0.5, 0.6) is 0 Å². The molecule has 0 aliphatic rings. The van der Waals surface area contributed by atoms with E-state index in [1.807, 2.05) is 67.7 Å². The van der Waals surface area contributed by atoms with Gasteiger partial charge in [0, 0.05) is 39.1 Å². The van der Waals surface area contributed by atoms with Gasteiger partial charge in [-0.15, -0.1) is 0 Å². The Labute approximate surface area is 154 Å². The molecule has 1 heterocycles. The molecule has 0 N–H and O–H groups in total. The lowest BCUT2D eigenvalue weighted by Crippen LogP contribution is -2.27. The Hall–Kier alpha value is -3.14. The van der Waals surface area contributed by atoms with Crippen molar-refractivity contribution in [3.8, 4) is 0 Å². The van der Waals surface area contributed by atoms with Crippen LogP contribution in [-0.2, 0) is 13.1 Å². The van der Waals surface area contributed by atoms with E-state index >= 15 is 0 Å². The lowest BCUT2D eigenvalue weighted by atomic mass is 10.2. The van der Waals surface area contributed by atoms with Crippen LogP contribution in [-0.4, -0.2) is 29.9 Å². The van der Waals surface area contributed by atoms with Gasteiger partial charge in [-0.2, -0.15) is 0 Å². The maximum absolute atomic E-state index is 12.7. The summed E-state index contributed by atoms with van der Waals surface area (Å²) >= 11 is 0. The Kier molecular flexibility index (Phi) is 5.64. The highest BCUT2D eigenvalue weighted by molar-refractivity contribution is 5.93. The number of pyridine rings is 1. The Balaban J connectivity index is 1.70. The summed E-state index contributed by atoms with van der Waals surface area (Å²) < 4.78 is 0. The highest BCUT2D eigenvalue weighted by Gasteiger charge is 2.15. The maximum Gasteiger partial charge on any atom is 0.272 e. The molecule has 0 spiro atoms. The fourth-order valence-electron chi connectivity index (χ4n) is 2.85. The third-order valence-electron chi connectivity index (χ3n) is 4.28. The minimum atomic E-state index is -0.0798. The van der Waals surface area contributed by atoms with E-state index < -0.39 is 0 Å². The van der Waals surface area contributed by atoms with E-state index in [1.165, 1.54) is 5.56 Å². The van der Waals surface area contributed by atoms with Gasteiger partial charge in [0.15, 0.2) is 0 Å². The van der Waals surface area contributed by atoms with Crippen molar-refractivity contribution >= 4 is 11.6 Å². The number of amides is 1. The molecule has 4 nitrogen and oxygen atoms in total. The second-order valence-electron chi connectivity index (χ2n) is 6.39. The molecule has 0 saturated carbocycles. The Morgan fingerprint density at radius 1 is 0.846 bits per heavy atom. The van der Waals surface area contributed by atoms with Gasteiger partial charge < -0.3 is 9.80 Å². The topological polar surface area (TPSA) is 36.4 Å². The van der Waals surface area contributed by atoms with Crippen LogP contribution in [0.1, 0.15) is 21.6 Å². The van der Waals surface area contributed by atoms with Crippen molar-refractivity contribution in [2.75, 3.05) is 19.0 Å². The second-order valence-corrected chi connectivity index (χ2v) is 6.39. The third kappa shape index (κ3) is 4.48. The predicted octanol–water partition coefficient (Wildman–Crippen LogP) is 3.99. The lowest BCUT2D eigenvalue weighted by molar-refractivity contribution is 0.0779. The van der Waals surface area contributed by atoms with Gasteiger partial charge in [-0.25, -0.2) is 0 Å². The summed E-state index contributed by atoms with van der Waals surface area (Å²) in [7, 11) is 3.82. The first-order valence-corrected chi connectivity index (χ1v) is 8.64. The fourth-order valence-corrected chi connectivity index (χ4v) is 2.85. The van der Waals surface area contributed by atoms with E-state index in [2.05, 4.69) is 22.0 Å². The maximum atomic E-state index is 12.7. The first-order chi connectivity index (χ1) is 12.6. The zero-order valence-corrected chi connectivity index (χ0v) is 15.2. The quantitative estimate of drug-likeness (QED) is 0.678. The van der Waals surface area contributed by atoms with Gasteiger partial charge in [0.2, 0.25) is 0 Å². The van der Waals surface area contributed by atoms with Crippen LogP contribution in [0.3, 0.4) is 0 Å². The monoisotopic (exact) mass is 345 g/mol. The molecule has 2 aromatic carbocycles. The number of carbonyl (C=O) groups is 1. The number of hydrogen-bond acceptors (Lipinski definition) is 3. The number of carbonyl (C=O) groups excluding carboxylic acids is 1. The lowest BCUT2D eigenvalue weighted by Gasteiger charge is -2.21. The van der Waals surface area contributed by atoms with Crippen LogP contribution in [0.4, 0.5) is 5.69 Å². The van der Waals surface area contributed by atoms with Crippen LogP contribution >= 0.6 is 0 Å². The van der Waals surface area contributed by atoms with Crippen molar-refractivity contribution in [2.45, 2.75) is 13.1 Å². The molecule has 0 atom stereocenters. The van der Waals surface area contributed by atoms with E-state index in [0.717, 1.165) is 17.8 Å². The molecule has 1 aromatic heterocycles. The van der Waals surface area contributed by atoms with Crippen molar-refractivity contribution < 1.29 is 4.79 Å². The summed E-state index contributed by atoms with van der Waals surface area (Å²) in [5.74, 6) is -0.0798. The summed E-state index contributed by atoms with van der Waals surface area (Å²) in [5.41, 5.74) is 3.75. The smallest absolute Gasteiger partial charge is 0.272 e. The SMILES string of the molecule is CN(Cc1ccccc1)C(=O)c1cc(N(C)Cc2ccccc2)ccn1. The van der Waals surface area contributed by atoms with Crippen molar-refractivity contribution in [2.24, 2.45) is 0 Å². The average Bonchev–Trinajstić information content (AvgIpc) is 2.69. The molecule has 0 fully saturated rings. The molecule has 26 heavy (non-hydrogen) atoms. The summed E-state index contributed by atoms with van der Waals surface area (Å²) in [6, 6.07) is 24.0. The Bertz CT molecular complexity index is 850. The largest absolute Gasteiger partial charge is 0.370 e. The van der Waals surface area contributed by atoms with Gasteiger partial charge >= 0.3 is 0 Å². The van der Waals surface area contributed by atoms with Gasteiger partial charge in [0.25, 0.3) is 5.91 Å². The molecule has 0 bridgehead atoms. The van der Waals surface area contributed by atoms with Crippen molar-refractivity contribution in [1.29, 1.82) is 0 Å². The molecule has 0 saturated heterocycles. The average molecular weight is 345 g/mol. The highest BCUT2D eigenvalue weighted by Crippen LogP contribution is 2.17. The van der Waals surface area contributed by atoms with E-state index in [-0.39, 0.29) is 5.91 Å². The van der Waals surface area contributed by atoms with Crippen molar-refractivity contribution in [1.82, 2.24) is 9.88 Å². The first-order valence-electron chi connectivity index (χ1n) is 8.64. The standard InChI is InChI=1S/C22H23N3O/c1-24(16-18-9-5-3-6-10-18)20-13-14-23-21(15-20)22(26)25(2)17-19-11-7-4-8-12-19/h3-15H,16-17H2,1-2H3. The Morgan fingerprint density at radius 3 is 2.04 bits per heavy atom. The van der Waals surface area contributed by atoms with E-state index in [1.54, 1.807) is 18.1 Å².